The number of benzene rings is 3. The summed E-state index contributed by atoms with van der Waals surface area (Å²) in [7, 11) is 0. The first kappa shape index (κ1) is 17.1. The molecule has 0 unspecified atom stereocenters. The number of rotatable bonds is 5. The third-order valence-electron chi connectivity index (χ3n) is 5.57. The molecule has 1 aromatic heterocycles. The lowest BCUT2D eigenvalue weighted by Crippen LogP contribution is -2.30. The Bertz CT molecular complexity index is 1040. The van der Waals surface area contributed by atoms with Crippen LogP contribution in [0.3, 0.4) is 0 Å². The molecule has 28 heavy (non-hydrogen) atoms. The van der Waals surface area contributed by atoms with Gasteiger partial charge in [-0.15, -0.1) is 0 Å². The van der Waals surface area contributed by atoms with Gasteiger partial charge in [0.05, 0.1) is 15.6 Å². The molecule has 1 amide bonds. The Labute approximate surface area is 168 Å². The van der Waals surface area contributed by atoms with Gasteiger partial charge in [-0.25, -0.2) is 4.98 Å². The highest BCUT2D eigenvalue weighted by Crippen LogP contribution is 2.59. The minimum Gasteiger partial charge on any atom is -0.301 e. The number of hydrogen-bond acceptors (Lipinski definition) is 3. The summed E-state index contributed by atoms with van der Waals surface area (Å²) in [6.07, 6.45) is 1.77. The van der Waals surface area contributed by atoms with Crippen LogP contribution < -0.4 is 5.32 Å². The van der Waals surface area contributed by atoms with E-state index in [2.05, 4.69) is 34.6 Å². The van der Waals surface area contributed by atoms with Crippen molar-refractivity contribution >= 4 is 32.6 Å². The van der Waals surface area contributed by atoms with Crippen molar-refractivity contribution in [3.05, 3.63) is 96.1 Å². The zero-order valence-corrected chi connectivity index (χ0v) is 16.2. The maximum atomic E-state index is 13.4. The number of nitrogens with one attached hydrogen (secondary N) is 1. The number of aromatic nitrogens is 1. The zero-order chi connectivity index (χ0) is 19.0. The molecule has 4 heteroatoms. The highest BCUT2D eigenvalue weighted by atomic mass is 32.1. The quantitative estimate of drug-likeness (QED) is 0.469. The van der Waals surface area contributed by atoms with E-state index in [0.29, 0.717) is 5.13 Å². The topological polar surface area (TPSA) is 42.0 Å². The molecule has 3 aromatic carbocycles. The minimum absolute atomic E-state index is 0.0456. The molecule has 0 bridgehead atoms. The standard InChI is InChI=1S/C24H20N2OS/c27-22(26-23-25-19-13-7-8-14-20(19)28-23)24(15-16-24)21(17-9-3-1-4-10-17)18-11-5-2-6-12-18/h1-14,21H,15-16H2,(H,25,26,27). The lowest BCUT2D eigenvalue weighted by Gasteiger charge is -2.27. The largest absolute Gasteiger partial charge is 0.301 e. The van der Waals surface area contributed by atoms with E-state index < -0.39 is 5.41 Å². The summed E-state index contributed by atoms with van der Waals surface area (Å²) in [6.45, 7) is 0. The molecule has 0 saturated heterocycles. The molecule has 1 heterocycles. The second kappa shape index (κ2) is 6.88. The van der Waals surface area contributed by atoms with Gasteiger partial charge in [-0.05, 0) is 36.1 Å². The first-order valence-electron chi connectivity index (χ1n) is 9.53. The van der Waals surface area contributed by atoms with Gasteiger partial charge in [0.15, 0.2) is 5.13 Å². The minimum atomic E-state index is -0.416. The third-order valence-corrected chi connectivity index (χ3v) is 6.53. The highest BCUT2D eigenvalue weighted by Gasteiger charge is 2.56. The van der Waals surface area contributed by atoms with Crippen LogP contribution in [0.5, 0.6) is 0 Å². The SMILES string of the molecule is O=C(Nc1nc2ccccc2s1)C1(C(c2ccccc2)c2ccccc2)CC1. The summed E-state index contributed by atoms with van der Waals surface area (Å²) in [4.78, 5) is 18.0. The van der Waals surface area contributed by atoms with Gasteiger partial charge < -0.3 is 5.32 Å². The summed E-state index contributed by atoms with van der Waals surface area (Å²) in [5.74, 6) is 0.119. The fraction of sp³-hybridized carbons (Fsp3) is 0.167. The molecule has 138 valence electrons. The van der Waals surface area contributed by atoms with Gasteiger partial charge >= 0.3 is 0 Å². The van der Waals surface area contributed by atoms with Crippen LogP contribution in [0.4, 0.5) is 5.13 Å². The van der Waals surface area contributed by atoms with Crippen LogP contribution in [0.25, 0.3) is 10.2 Å². The third kappa shape index (κ3) is 3.00. The van der Waals surface area contributed by atoms with E-state index in [4.69, 9.17) is 0 Å². The first-order chi connectivity index (χ1) is 13.8. The van der Waals surface area contributed by atoms with E-state index >= 15 is 0 Å². The maximum Gasteiger partial charge on any atom is 0.233 e. The van der Waals surface area contributed by atoms with Crippen molar-refractivity contribution in [2.24, 2.45) is 5.41 Å². The monoisotopic (exact) mass is 384 g/mol. The Morgan fingerprint density at radius 1 is 0.857 bits per heavy atom. The molecule has 1 fully saturated rings. The van der Waals surface area contributed by atoms with E-state index in [1.807, 2.05) is 60.7 Å². The molecule has 1 saturated carbocycles. The summed E-state index contributed by atoms with van der Waals surface area (Å²) in [5.41, 5.74) is 2.88. The molecule has 5 rings (SSSR count). The van der Waals surface area contributed by atoms with Crippen LogP contribution in [0.2, 0.25) is 0 Å². The molecular formula is C24H20N2OS. The Morgan fingerprint density at radius 2 is 1.43 bits per heavy atom. The number of anilines is 1. The average molecular weight is 385 g/mol. The van der Waals surface area contributed by atoms with Crippen molar-refractivity contribution in [2.45, 2.75) is 18.8 Å². The van der Waals surface area contributed by atoms with Gasteiger partial charge in [0, 0.05) is 5.92 Å². The van der Waals surface area contributed by atoms with Crippen molar-refractivity contribution in [2.75, 3.05) is 5.32 Å². The molecule has 4 aromatic rings. The number of carbonyl (C=O) groups excluding carboxylic acids is 1. The van der Waals surface area contributed by atoms with Crippen molar-refractivity contribution < 1.29 is 4.79 Å². The lowest BCUT2D eigenvalue weighted by molar-refractivity contribution is -0.121. The van der Waals surface area contributed by atoms with Crippen LogP contribution in [0, 0.1) is 5.41 Å². The van der Waals surface area contributed by atoms with Crippen molar-refractivity contribution in [3.8, 4) is 0 Å². The molecule has 1 aliphatic rings. The van der Waals surface area contributed by atoms with Crippen LogP contribution in [-0.4, -0.2) is 10.9 Å². The fourth-order valence-corrected chi connectivity index (χ4v) is 4.91. The van der Waals surface area contributed by atoms with Gasteiger partial charge in [0.1, 0.15) is 0 Å². The van der Waals surface area contributed by atoms with Crippen molar-refractivity contribution in [1.82, 2.24) is 4.98 Å². The Balaban J connectivity index is 1.50. The molecule has 0 radical (unpaired) electrons. The summed E-state index contributed by atoms with van der Waals surface area (Å²) < 4.78 is 1.09. The number of amides is 1. The molecule has 0 aliphatic heterocycles. The van der Waals surface area contributed by atoms with E-state index in [9.17, 15) is 4.79 Å². The first-order valence-corrected chi connectivity index (χ1v) is 10.3. The second-order valence-electron chi connectivity index (χ2n) is 7.35. The Kier molecular flexibility index (Phi) is 4.21. The predicted octanol–water partition coefficient (Wildman–Crippen LogP) is 5.85. The van der Waals surface area contributed by atoms with Crippen molar-refractivity contribution in [3.63, 3.8) is 0 Å². The van der Waals surface area contributed by atoms with Gasteiger partial charge in [-0.2, -0.15) is 0 Å². The van der Waals surface area contributed by atoms with Crippen LogP contribution in [0.15, 0.2) is 84.9 Å². The van der Waals surface area contributed by atoms with Crippen molar-refractivity contribution in [1.29, 1.82) is 0 Å². The van der Waals surface area contributed by atoms with Crippen LogP contribution in [0.1, 0.15) is 29.9 Å². The second-order valence-corrected chi connectivity index (χ2v) is 8.38. The number of carbonyl (C=O) groups is 1. The van der Waals surface area contributed by atoms with Gasteiger partial charge in [0.25, 0.3) is 0 Å². The molecule has 1 aliphatic carbocycles. The van der Waals surface area contributed by atoms with Gasteiger partial charge in [-0.3, -0.25) is 4.79 Å². The smallest absolute Gasteiger partial charge is 0.233 e. The number of thiazole rings is 1. The number of nitrogens with zero attached hydrogens (tertiary/aromatic N) is 1. The summed E-state index contributed by atoms with van der Waals surface area (Å²) in [6, 6.07) is 28.7. The molecule has 3 nitrogen and oxygen atoms in total. The van der Waals surface area contributed by atoms with E-state index in [1.165, 1.54) is 22.5 Å². The normalized spacial score (nSPS) is 14.9. The van der Waals surface area contributed by atoms with Gasteiger partial charge in [-0.1, -0.05) is 84.1 Å². The fourth-order valence-electron chi connectivity index (χ4n) is 4.05. The molecular weight excluding hydrogens is 364 g/mol. The Hall–Kier alpha value is -2.98. The summed E-state index contributed by atoms with van der Waals surface area (Å²) >= 11 is 1.53. The van der Waals surface area contributed by atoms with E-state index in [-0.39, 0.29) is 11.8 Å². The zero-order valence-electron chi connectivity index (χ0n) is 15.3. The molecule has 1 N–H and O–H groups in total. The predicted molar refractivity (Wildman–Crippen MR) is 115 cm³/mol. The maximum absolute atomic E-state index is 13.4. The number of para-hydroxylation sites is 1. The number of fused-ring (bicyclic) bond motifs is 1. The van der Waals surface area contributed by atoms with E-state index in [1.54, 1.807) is 0 Å². The highest BCUT2D eigenvalue weighted by molar-refractivity contribution is 7.22. The average Bonchev–Trinajstić information content (AvgIpc) is 3.43. The Morgan fingerprint density at radius 3 is 2.00 bits per heavy atom. The van der Waals surface area contributed by atoms with Crippen LogP contribution >= 0.6 is 11.3 Å². The lowest BCUT2D eigenvalue weighted by atomic mass is 9.77. The van der Waals surface area contributed by atoms with E-state index in [0.717, 1.165) is 23.1 Å². The molecule has 0 atom stereocenters. The molecule has 0 spiro atoms. The van der Waals surface area contributed by atoms with Gasteiger partial charge in [0.2, 0.25) is 5.91 Å². The number of hydrogen-bond donors (Lipinski definition) is 1. The van der Waals surface area contributed by atoms with Crippen LogP contribution in [-0.2, 0) is 4.79 Å². The summed E-state index contributed by atoms with van der Waals surface area (Å²) in [5, 5.41) is 3.80.